The molecule has 0 saturated heterocycles. The van der Waals surface area contributed by atoms with Crippen molar-refractivity contribution < 1.29 is 0 Å². The van der Waals surface area contributed by atoms with Crippen molar-refractivity contribution in [2.24, 2.45) is 5.73 Å². The van der Waals surface area contributed by atoms with Gasteiger partial charge in [-0.05, 0) is 51.4 Å². The van der Waals surface area contributed by atoms with E-state index in [2.05, 4.69) is 16.7 Å². The van der Waals surface area contributed by atoms with Crippen molar-refractivity contribution in [3.05, 3.63) is 0 Å². The Bertz CT molecular complexity index is 394. The average molecular weight is 304 g/mol. The highest BCUT2D eigenvalue weighted by molar-refractivity contribution is 5.12. The number of nitriles is 1. The molecule has 4 aliphatic carbocycles. The van der Waals surface area contributed by atoms with E-state index < -0.39 is 0 Å². The van der Waals surface area contributed by atoms with Gasteiger partial charge in [0.05, 0.1) is 6.07 Å². The molecule has 0 bridgehead atoms. The molecule has 4 aliphatic rings. The van der Waals surface area contributed by atoms with E-state index in [9.17, 15) is 0 Å². The topological polar surface area (TPSA) is 73.9 Å². The number of hydrogen-bond donors (Lipinski definition) is 3. The molecule has 4 heteroatoms. The van der Waals surface area contributed by atoms with Gasteiger partial charge in [0.15, 0.2) is 0 Å². The summed E-state index contributed by atoms with van der Waals surface area (Å²) < 4.78 is 0. The summed E-state index contributed by atoms with van der Waals surface area (Å²) in [4.78, 5) is 0. The van der Waals surface area contributed by atoms with Crippen LogP contribution in [0.2, 0.25) is 0 Å². The minimum atomic E-state index is -0.124. The van der Waals surface area contributed by atoms with Crippen LogP contribution in [0.1, 0.15) is 77.0 Å². The van der Waals surface area contributed by atoms with Crippen molar-refractivity contribution in [2.75, 3.05) is 6.54 Å². The van der Waals surface area contributed by atoms with Gasteiger partial charge in [-0.3, -0.25) is 5.32 Å². The molecule has 0 aromatic rings. The van der Waals surface area contributed by atoms with Crippen LogP contribution in [0, 0.1) is 11.3 Å². The molecule has 4 rings (SSSR count). The molecule has 4 fully saturated rings. The minimum absolute atomic E-state index is 0.124. The summed E-state index contributed by atoms with van der Waals surface area (Å²) in [7, 11) is 0. The van der Waals surface area contributed by atoms with Crippen LogP contribution in [0.15, 0.2) is 0 Å². The van der Waals surface area contributed by atoms with Crippen LogP contribution in [-0.4, -0.2) is 29.7 Å². The van der Waals surface area contributed by atoms with Crippen LogP contribution in [0.3, 0.4) is 0 Å². The van der Waals surface area contributed by atoms with E-state index in [1.165, 1.54) is 64.2 Å². The maximum absolute atomic E-state index is 8.98. The Morgan fingerprint density at radius 2 is 1.36 bits per heavy atom. The van der Waals surface area contributed by atoms with Gasteiger partial charge in [0, 0.05) is 24.2 Å². The molecule has 0 heterocycles. The monoisotopic (exact) mass is 304 g/mol. The number of nitrogens with zero attached hydrogens (tertiary/aromatic N) is 1. The van der Waals surface area contributed by atoms with Crippen LogP contribution in [0.5, 0.6) is 0 Å². The molecule has 0 aliphatic heterocycles. The van der Waals surface area contributed by atoms with Gasteiger partial charge in [-0.1, -0.05) is 25.7 Å². The van der Waals surface area contributed by atoms with Crippen molar-refractivity contribution in [3.8, 4) is 6.07 Å². The van der Waals surface area contributed by atoms with Crippen LogP contribution < -0.4 is 16.4 Å². The SMILES string of the molecule is N#CC1(NC2CC2)CCCC1.NCC1(NC2CC2)CCCC1. The first kappa shape index (κ1) is 16.2. The summed E-state index contributed by atoms with van der Waals surface area (Å²) in [5, 5.41) is 16.1. The van der Waals surface area contributed by atoms with Gasteiger partial charge < -0.3 is 11.1 Å². The Labute approximate surface area is 135 Å². The van der Waals surface area contributed by atoms with Gasteiger partial charge in [0.25, 0.3) is 0 Å². The lowest BCUT2D eigenvalue weighted by molar-refractivity contribution is 0.337. The Kier molecular flexibility index (Phi) is 5.07. The predicted octanol–water partition coefficient (Wildman–Crippen LogP) is 2.58. The third-order valence-electron chi connectivity index (χ3n) is 5.77. The molecule has 0 radical (unpaired) electrons. The van der Waals surface area contributed by atoms with Gasteiger partial charge in [-0.25, -0.2) is 0 Å². The van der Waals surface area contributed by atoms with E-state index >= 15 is 0 Å². The zero-order valence-electron chi connectivity index (χ0n) is 13.9. The predicted molar refractivity (Wildman–Crippen MR) is 89.4 cm³/mol. The average Bonchev–Trinajstić information content (AvgIpc) is 3.42. The van der Waals surface area contributed by atoms with Gasteiger partial charge in [0.1, 0.15) is 5.54 Å². The Morgan fingerprint density at radius 1 is 0.864 bits per heavy atom. The Morgan fingerprint density at radius 3 is 1.82 bits per heavy atom. The van der Waals surface area contributed by atoms with E-state index in [0.717, 1.165) is 25.4 Å². The molecule has 0 amide bonds. The molecule has 124 valence electrons. The highest BCUT2D eigenvalue weighted by atomic mass is 15.1. The van der Waals surface area contributed by atoms with Crippen LogP contribution >= 0.6 is 0 Å². The van der Waals surface area contributed by atoms with Gasteiger partial charge in [-0.15, -0.1) is 0 Å². The molecule has 0 aromatic heterocycles. The van der Waals surface area contributed by atoms with Crippen molar-refractivity contribution in [3.63, 3.8) is 0 Å². The molecule has 4 N–H and O–H groups in total. The fourth-order valence-electron chi connectivity index (χ4n) is 4.01. The second kappa shape index (κ2) is 6.86. The lowest BCUT2D eigenvalue weighted by atomic mass is 9.98. The van der Waals surface area contributed by atoms with E-state index in [-0.39, 0.29) is 5.54 Å². The zero-order chi connectivity index (χ0) is 15.5. The fraction of sp³-hybridized carbons (Fsp3) is 0.944. The number of hydrogen-bond acceptors (Lipinski definition) is 4. The van der Waals surface area contributed by atoms with Gasteiger partial charge in [-0.2, -0.15) is 5.26 Å². The van der Waals surface area contributed by atoms with Crippen LogP contribution in [0.25, 0.3) is 0 Å². The molecule has 22 heavy (non-hydrogen) atoms. The van der Waals surface area contributed by atoms with Crippen molar-refractivity contribution in [1.82, 2.24) is 10.6 Å². The quantitative estimate of drug-likeness (QED) is 0.730. The van der Waals surface area contributed by atoms with Crippen molar-refractivity contribution in [1.29, 1.82) is 5.26 Å². The Balaban J connectivity index is 0.000000131. The summed E-state index contributed by atoms with van der Waals surface area (Å²) in [6, 6.07) is 3.93. The zero-order valence-corrected chi connectivity index (χ0v) is 13.9. The molecule has 4 nitrogen and oxygen atoms in total. The first-order valence-corrected chi connectivity index (χ1v) is 9.36. The summed E-state index contributed by atoms with van der Waals surface area (Å²) in [6.45, 7) is 0.837. The molecule has 0 unspecified atom stereocenters. The summed E-state index contributed by atoms with van der Waals surface area (Å²) in [5.74, 6) is 0. The molecule has 0 atom stereocenters. The normalized spacial score (nSPS) is 28.7. The minimum Gasteiger partial charge on any atom is -0.329 e. The second-order valence-corrected chi connectivity index (χ2v) is 7.93. The Hall–Kier alpha value is -0.630. The highest BCUT2D eigenvalue weighted by Crippen LogP contribution is 2.33. The standard InChI is InChI=1S/C9H18N2.C9H14N2/c2*10-7-9(5-1-2-6-9)11-8-3-4-8/h8,11H,1-7,10H2;8,11H,1-6H2. The van der Waals surface area contributed by atoms with Crippen molar-refractivity contribution >= 4 is 0 Å². The summed E-state index contributed by atoms with van der Waals surface area (Å²) >= 11 is 0. The van der Waals surface area contributed by atoms with Crippen LogP contribution in [-0.2, 0) is 0 Å². The smallest absolute Gasteiger partial charge is 0.106 e. The number of rotatable bonds is 5. The number of nitrogens with two attached hydrogens (primary N) is 1. The third-order valence-corrected chi connectivity index (χ3v) is 5.77. The first-order chi connectivity index (χ1) is 10.7. The summed E-state index contributed by atoms with van der Waals surface area (Å²) in [5.41, 5.74) is 6.01. The maximum atomic E-state index is 8.98. The van der Waals surface area contributed by atoms with E-state index in [1.807, 2.05) is 0 Å². The van der Waals surface area contributed by atoms with E-state index in [1.54, 1.807) is 0 Å². The van der Waals surface area contributed by atoms with Gasteiger partial charge >= 0.3 is 0 Å². The maximum Gasteiger partial charge on any atom is 0.106 e. The molecule has 0 aromatic carbocycles. The summed E-state index contributed by atoms with van der Waals surface area (Å²) in [6.07, 6.45) is 15.3. The first-order valence-electron chi connectivity index (χ1n) is 9.36. The largest absolute Gasteiger partial charge is 0.329 e. The molecular formula is C18H32N4. The molecule has 0 spiro atoms. The molecule has 4 saturated carbocycles. The third kappa shape index (κ3) is 4.22. The van der Waals surface area contributed by atoms with Crippen molar-refractivity contribution in [2.45, 2.75) is 100 Å². The molecular weight excluding hydrogens is 272 g/mol. The van der Waals surface area contributed by atoms with Gasteiger partial charge in [0.2, 0.25) is 0 Å². The van der Waals surface area contributed by atoms with E-state index in [4.69, 9.17) is 11.0 Å². The lowest BCUT2D eigenvalue weighted by Gasteiger charge is -2.28. The highest BCUT2D eigenvalue weighted by Gasteiger charge is 2.38. The lowest BCUT2D eigenvalue weighted by Crippen LogP contribution is -2.49. The fourth-order valence-corrected chi connectivity index (χ4v) is 4.01. The van der Waals surface area contributed by atoms with E-state index in [0.29, 0.717) is 11.6 Å². The van der Waals surface area contributed by atoms with Crippen LogP contribution in [0.4, 0.5) is 0 Å². The second-order valence-electron chi connectivity index (χ2n) is 7.93. The number of nitrogens with one attached hydrogen (secondary N) is 2.